The Balaban J connectivity index is 1.87. The van der Waals surface area contributed by atoms with Gasteiger partial charge in [-0.15, -0.1) is 0 Å². The minimum Gasteiger partial charge on any atom is -0.482 e. The molecule has 2 N–H and O–H groups in total. The van der Waals surface area contributed by atoms with Crippen LogP contribution in [0.15, 0.2) is 23.1 Å². The molecule has 0 bridgehead atoms. The third-order valence-electron chi connectivity index (χ3n) is 3.80. The standard InChI is InChI=1S/C17H25ClN2O5S/c1-12(2)9-20-26(22,23)14-5-6-16(15(18)8-14)25-11-17(21)19-10-13-4-3-7-24-13/h5-6,8,12-13,20H,3-4,7,9-11H2,1-2H3,(H,19,21)/t13-/m0/s1. The summed E-state index contributed by atoms with van der Waals surface area (Å²) in [5.74, 6) is 0.157. The molecule has 1 aromatic carbocycles. The highest BCUT2D eigenvalue weighted by molar-refractivity contribution is 7.89. The minimum atomic E-state index is -3.63. The van der Waals surface area contributed by atoms with Gasteiger partial charge in [0.25, 0.3) is 5.91 Å². The molecule has 7 nitrogen and oxygen atoms in total. The van der Waals surface area contributed by atoms with Crippen molar-refractivity contribution in [2.75, 3.05) is 26.3 Å². The second kappa shape index (κ2) is 9.55. The Hall–Kier alpha value is -1.35. The molecule has 0 unspecified atom stereocenters. The largest absolute Gasteiger partial charge is 0.482 e. The van der Waals surface area contributed by atoms with E-state index in [1.54, 1.807) is 0 Å². The van der Waals surface area contributed by atoms with E-state index in [0.717, 1.165) is 19.4 Å². The van der Waals surface area contributed by atoms with E-state index in [9.17, 15) is 13.2 Å². The molecule has 0 aliphatic carbocycles. The minimum absolute atomic E-state index is 0.0540. The van der Waals surface area contributed by atoms with Crippen molar-refractivity contribution in [1.29, 1.82) is 0 Å². The highest BCUT2D eigenvalue weighted by Crippen LogP contribution is 2.27. The molecule has 2 rings (SSSR count). The fraction of sp³-hybridized carbons (Fsp3) is 0.588. The van der Waals surface area contributed by atoms with Crippen molar-refractivity contribution in [3.63, 3.8) is 0 Å². The van der Waals surface area contributed by atoms with E-state index in [0.29, 0.717) is 13.1 Å². The normalized spacial score (nSPS) is 17.5. The average molecular weight is 405 g/mol. The lowest BCUT2D eigenvalue weighted by molar-refractivity contribution is -0.123. The van der Waals surface area contributed by atoms with Gasteiger partial charge in [0, 0.05) is 19.7 Å². The zero-order valence-corrected chi connectivity index (χ0v) is 16.5. The summed E-state index contributed by atoms with van der Waals surface area (Å²) in [5.41, 5.74) is 0. The second-order valence-corrected chi connectivity index (χ2v) is 8.74. The third-order valence-corrected chi connectivity index (χ3v) is 5.52. The van der Waals surface area contributed by atoms with Gasteiger partial charge < -0.3 is 14.8 Å². The van der Waals surface area contributed by atoms with E-state index in [4.69, 9.17) is 21.1 Å². The van der Waals surface area contributed by atoms with Crippen LogP contribution in [0.25, 0.3) is 0 Å². The second-order valence-electron chi connectivity index (χ2n) is 6.57. The Kier molecular flexibility index (Phi) is 7.69. The van der Waals surface area contributed by atoms with Crippen molar-refractivity contribution in [3.8, 4) is 5.75 Å². The zero-order chi connectivity index (χ0) is 19.2. The summed E-state index contributed by atoms with van der Waals surface area (Å²) in [6.45, 7) is 5.14. The summed E-state index contributed by atoms with van der Waals surface area (Å²) in [5, 5.41) is 2.87. The first-order chi connectivity index (χ1) is 12.3. The molecule has 1 saturated heterocycles. The number of carbonyl (C=O) groups excluding carboxylic acids is 1. The van der Waals surface area contributed by atoms with Gasteiger partial charge in [0.2, 0.25) is 10.0 Å². The third kappa shape index (κ3) is 6.42. The Morgan fingerprint density at radius 3 is 2.81 bits per heavy atom. The first-order valence-electron chi connectivity index (χ1n) is 8.58. The Bertz CT molecular complexity index is 718. The van der Waals surface area contributed by atoms with Crippen LogP contribution in [0.3, 0.4) is 0 Å². The lowest BCUT2D eigenvalue weighted by Gasteiger charge is -2.13. The molecule has 0 aromatic heterocycles. The number of sulfonamides is 1. The summed E-state index contributed by atoms with van der Waals surface area (Å²) >= 11 is 6.09. The molecule has 1 heterocycles. The molecule has 9 heteroatoms. The molecule has 0 spiro atoms. The van der Waals surface area contributed by atoms with Gasteiger partial charge in [-0.25, -0.2) is 13.1 Å². The van der Waals surface area contributed by atoms with E-state index in [1.165, 1.54) is 18.2 Å². The monoisotopic (exact) mass is 404 g/mol. The first kappa shape index (κ1) is 21.0. The quantitative estimate of drug-likeness (QED) is 0.656. The van der Waals surface area contributed by atoms with Crippen LogP contribution < -0.4 is 14.8 Å². The van der Waals surface area contributed by atoms with Gasteiger partial charge in [0.15, 0.2) is 6.61 Å². The molecule has 1 aliphatic rings. The van der Waals surface area contributed by atoms with Crippen LogP contribution >= 0.6 is 11.6 Å². The van der Waals surface area contributed by atoms with Crippen molar-refractivity contribution >= 4 is 27.5 Å². The summed E-state index contributed by atoms with van der Waals surface area (Å²) in [7, 11) is -3.63. The number of amides is 1. The van der Waals surface area contributed by atoms with Crippen molar-refractivity contribution in [3.05, 3.63) is 23.2 Å². The zero-order valence-electron chi connectivity index (χ0n) is 15.0. The van der Waals surface area contributed by atoms with Crippen LogP contribution in [0.1, 0.15) is 26.7 Å². The Labute approximate surface area is 159 Å². The number of rotatable bonds is 9. The molecule has 1 atom stereocenters. The maximum atomic E-state index is 12.2. The summed E-state index contributed by atoms with van der Waals surface area (Å²) in [6, 6.07) is 4.15. The molecular weight excluding hydrogens is 380 g/mol. The SMILES string of the molecule is CC(C)CNS(=O)(=O)c1ccc(OCC(=O)NC[C@@H]2CCCO2)c(Cl)c1. The van der Waals surface area contributed by atoms with Crippen molar-refractivity contribution < 1.29 is 22.7 Å². The number of hydrogen-bond acceptors (Lipinski definition) is 5. The molecular formula is C17H25ClN2O5S. The highest BCUT2D eigenvalue weighted by Gasteiger charge is 2.18. The van der Waals surface area contributed by atoms with Gasteiger partial charge in [-0.3, -0.25) is 4.79 Å². The topological polar surface area (TPSA) is 93.7 Å². The van der Waals surface area contributed by atoms with E-state index in [2.05, 4.69) is 10.0 Å². The van der Waals surface area contributed by atoms with Gasteiger partial charge in [-0.1, -0.05) is 25.4 Å². The molecule has 26 heavy (non-hydrogen) atoms. The fourth-order valence-electron chi connectivity index (χ4n) is 2.35. The molecule has 1 amide bonds. The number of nitrogens with one attached hydrogen (secondary N) is 2. The average Bonchev–Trinajstić information content (AvgIpc) is 3.10. The molecule has 1 fully saturated rings. The summed E-state index contributed by atoms with van der Waals surface area (Å²) in [4.78, 5) is 11.9. The van der Waals surface area contributed by atoms with Gasteiger partial charge in [-0.2, -0.15) is 0 Å². The number of hydrogen-bond donors (Lipinski definition) is 2. The number of halogens is 1. The fourth-order valence-corrected chi connectivity index (χ4v) is 3.89. The lowest BCUT2D eigenvalue weighted by atomic mass is 10.2. The van der Waals surface area contributed by atoms with Gasteiger partial charge in [0.05, 0.1) is 16.0 Å². The smallest absolute Gasteiger partial charge is 0.258 e. The van der Waals surface area contributed by atoms with E-state index in [1.807, 2.05) is 13.8 Å². The van der Waals surface area contributed by atoms with Gasteiger partial charge in [0.1, 0.15) is 5.75 Å². The number of benzene rings is 1. The van der Waals surface area contributed by atoms with E-state index >= 15 is 0 Å². The maximum absolute atomic E-state index is 12.2. The first-order valence-corrected chi connectivity index (χ1v) is 10.4. The highest BCUT2D eigenvalue weighted by atomic mass is 35.5. The molecule has 0 radical (unpaired) electrons. The summed E-state index contributed by atoms with van der Waals surface area (Å²) in [6.07, 6.45) is 2.01. The van der Waals surface area contributed by atoms with Crippen molar-refractivity contribution in [1.82, 2.24) is 10.0 Å². The van der Waals surface area contributed by atoms with E-state index in [-0.39, 0.29) is 40.2 Å². The summed E-state index contributed by atoms with van der Waals surface area (Å²) < 4.78 is 37.7. The van der Waals surface area contributed by atoms with Crippen LogP contribution in [-0.4, -0.2) is 46.7 Å². The Morgan fingerprint density at radius 1 is 1.42 bits per heavy atom. The van der Waals surface area contributed by atoms with Crippen molar-refractivity contribution in [2.24, 2.45) is 5.92 Å². The van der Waals surface area contributed by atoms with Gasteiger partial charge >= 0.3 is 0 Å². The predicted molar refractivity (Wildman–Crippen MR) is 99.0 cm³/mol. The predicted octanol–water partition coefficient (Wildman–Crippen LogP) is 1.95. The van der Waals surface area contributed by atoms with Crippen molar-refractivity contribution in [2.45, 2.75) is 37.7 Å². The van der Waals surface area contributed by atoms with E-state index < -0.39 is 10.0 Å². The van der Waals surface area contributed by atoms with Crippen LogP contribution in [0, 0.1) is 5.92 Å². The van der Waals surface area contributed by atoms with Crippen LogP contribution in [0.4, 0.5) is 0 Å². The lowest BCUT2D eigenvalue weighted by Crippen LogP contribution is -2.35. The number of carbonyl (C=O) groups is 1. The van der Waals surface area contributed by atoms with Crippen LogP contribution in [-0.2, 0) is 19.6 Å². The molecule has 0 saturated carbocycles. The molecule has 1 aliphatic heterocycles. The number of ether oxygens (including phenoxy) is 2. The molecule has 146 valence electrons. The van der Waals surface area contributed by atoms with Crippen LogP contribution in [0.2, 0.25) is 5.02 Å². The maximum Gasteiger partial charge on any atom is 0.258 e. The Morgan fingerprint density at radius 2 is 2.19 bits per heavy atom. The van der Waals surface area contributed by atoms with Crippen LogP contribution in [0.5, 0.6) is 5.75 Å². The van der Waals surface area contributed by atoms with Gasteiger partial charge in [-0.05, 0) is 37.0 Å². The molecule has 1 aromatic rings.